The second kappa shape index (κ2) is 7.09. The van der Waals surface area contributed by atoms with Crippen molar-refractivity contribution in [3.05, 3.63) is 78.0 Å². The average molecular weight is 375 g/mol. The first-order chi connectivity index (χ1) is 12.3. The standard InChI is InChI=1S/C18H15F2N3O2S/c1-12-4-6-13(7-5-12)23-26(24,25)17-3-2-10-21-18(17)22-14-8-9-15(19)16(20)11-14/h2-11,23H,1H3,(H,21,22). The van der Waals surface area contributed by atoms with Gasteiger partial charge in [-0.1, -0.05) is 17.7 Å². The van der Waals surface area contributed by atoms with Gasteiger partial charge in [-0.2, -0.15) is 0 Å². The predicted octanol–water partition coefficient (Wildman–Crippen LogP) is 4.21. The molecule has 0 saturated heterocycles. The van der Waals surface area contributed by atoms with Crippen LogP contribution in [0.5, 0.6) is 0 Å². The summed E-state index contributed by atoms with van der Waals surface area (Å²) < 4.78 is 54.3. The van der Waals surface area contributed by atoms with Crippen molar-refractivity contribution in [3.8, 4) is 0 Å². The number of nitrogens with zero attached hydrogens (tertiary/aromatic N) is 1. The van der Waals surface area contributed by atoms with Crippen molar-refractivity contribution in [2.45, 2.75) is 11.8 Å². The van der Waals surface area contributed by atoms with E-state index in [4.69, 9.17) is 0 Å². The Hall–Kier alpha value is -3.00. The van der Waals surface area contributed by atoms with Gasteiger partial charge in [0.05, 0.1) is 0 Å². The molecule has 5 nitrogen and oxygen atoms in total. The Morgan fingerprint density at radius 3 is 2.31 bits per heavy atom. The van der Waals surface area contributed by atoms with Crippen LogP contribution in [0.25, 0.3) is 0 Å². The first-order valence-electron chi connectivity index (χ1n) is 7.62. The molecular weight excluding hydrogens is 360 g/mol. The number of anilines is 3. The number of pyridine rings is 1. The minimum absolute atomic E-state index is 0.00174. The number of hydrogen-bond donors (Lipinski definition) is 2. The van der Waals surface area contributed by atoms with Crippen LogP contribution in [0.1, 0.15) is 5.56 Å². The molecule has 0 fully saturated rings. The summed E-state index contributed by atoms with van der Waals surface area (Å²) in [6.07, 6.45) is 1.40. The summed E-state index contributed by atoms with van der Waals surface area (Å²) in [5.41, 5.74) is 1.57. The van der Waals surface area contributed by atoms with Gasteiger partial charge >= 0.3 is 0 Å². The van der Waals surface area contributed by atoms with Crippen LogP contribution in [0.2, 0.25) is 0 Å². The number of sulfonamides is 1. The first kappa shape index (κ1) is 17.8. The van der Waals surface area contributed by atoms with Gasteiger partial charge in [0, 0.05) is 23.6 Å². The predicted molar refractivity (Wildman–Crippen MR) is 95.9 cm³/mol. The number of aryl methyl sites for hydroxylation is 1. The highest BCUT2D eigenvalue weighted by Gasteiger charge is 2.20. The van der Waals surface area contributed by atoms with Crippen molar-refractivity contribution in [2.24, 2.45) is 0 Å². The molecule has 0 bridgehead atoms. The van der Waals surface area contributed by atoms with Gasteiger partial charge < -0.3 is 5.32 Å². The van der Waals surface area contributed by atoms with E-state index in [0.717, 1.165) is 17.7 Å². The Morgan fingerprint density at radius 2 is 1.62 bits per heavy atom. The molecule has 0 radical (unpaired) electrons. The summed E-state index contributed by atoms with van der Waals surface area (Å²) in [6.45, 7) is 1.89. The zero-order valence-electron chi connectivity index (χ0n) is 13.7. The van der Waals surface area contributed by atoms with E-state index in [2.05, 4.69) is 15.0 Å². The lowest BCUT2D eigenvalue weighted by Crippen LogP contribution is -2.15. The number of aromatic nitrogens is 1. The van der Waals surface area contributed by atoms with Crippen molar-refractivity contribution in [3.63, 3.8) is 0 Å². The summed E-state index contributed by atoms with van der Waals surface area (Å²) in [5.74, 6) is -2.04. The van der Waals surface area contributed by atoms with Gasteiger partial charge in [0.2, 0.25) is 0 Å². The molecule has 0 atom stereocenters. The summed E-state index contributed by atoms with van der Waals surface area (Å²) >= 11 is 0. The highest BCUT2D eigenvalue weighted by molar-refractivity contribution is 7.92. The maximum atomic E-state index is 13.4. The Labute approximate surface area is 149 Å². The molecular formula is C18H15F2N3O2S. The molecule has 134 valence electrons. The van der Waals surface area contributed by atoms with Crippen LogP contribution < -0.4 is 10.0 Å². The number of benzene rings is 2. The lowest BCUT2D eigenvalue weighted by Gasteiger charge is -2.13. The second-order valence-electron chi connectivity index (χ2n) is 5.58. The van der Waals surface area contributed by atoms with Crippen LogP contribution in [0, 0.1) is 18.6 Å². The number of nitrogens with one attached hydrogen (secondary N) is 2. The number of halogens is 2. The van der Waals surface area contributed by atoms with Crippen LogP contribution >= 0.6 is 0 Å². The summed E-state index contributed by atoms with van der Waals surface area (Å²) in [6, 6.07) is 12.8. The third-order valence-corrected chi connectivity index (χ3v) is 4.96. The number of rotatable bonds is 5. The van der Waals surface area contributed by atoms with Crippen LogP contribution in [-0.2, 0) is 10.0 Å². The van der Waals surface area contributed by atoms with Crippen molar-refractivity contribution in [1.82, 2.24) is 4.98 Å². The van der Waals surface area contributed by atoms with Gasteiger partial charge in [0.25, 0.3) is 10.0 Å². The molecule has 1 aromatic heterocycles. The smallest absolute Gasteiger partial charge is 0.265 e. The monoisotopic (exact) mass is 375 g/mol. The first-order valence-corrected chi connectivity index (χ1v) is 9.10. The van der Waals surface area contributed by atoms with Crippen LogP contribution in [0.15, 0.2) is 65.7 Å². The van der Waals surface area contributed by atoms with Gasteiger partial charge in [-0.15, -0.1) is 0 Å². The molecule has 2 aromatic carbocycles. The molecule has 0 saturated carbocycles. The van der Waals surface area contributed by atoms with Crippen molar-refractivity contribution < 1.29 is 17.2 Å². The van der Waals surface area contributed by atoms with E-state index in [1.165, 1.54) is 24.4 Å². The maximum absolute atomic E-state index is 13.4. The Morgan fingerprint density at radius 1 is 0.923 bits per heavy atom. The normalized spacial score (nSPS) is 11.2. The lowest BCUT2D eigenvalue weighted by molar-refractivity contribution is 0.509. The molecule has 0 spiro atoms. The minimum Gasteiger partial charge on any atom is -0.339 e. The van der Waals surface area contributed by atoms with Crippen LogP contribution in [-0.4, -0.2) is 13.4 Å². The third-order valence-electron chi connectivity index (χ3n) is 3.55. The van der Waals surface area contributed by atoms with E-state index >= 15 is 0 Å². The molecule has 0 unspecified atom stereocenters. The summed E-state index contributed by atoms with van der Waals surface area (Å²) in [4.78, 5) is 3.88. The summed E-state index contributed by atoms with van der Waals surface area (Å²) in [5, 5.41) is 2.70. The van der Waals surface area contributed by atoms with Crippen molar-refractivity contribution in [2.75, 3.05) is 10.0 Å². The lowest BCUT2D eigenvalue weighted by atomic mass is 10.2. The zero-order chi connectivity index (χ0) is 18.7. The molecule has 3 rings (SSSR count). The van der Waals surface area contributed by atoms with Gasteiger partial charge in [-0.25, -0.2) is 22.2 Å². The molecule has 0 aliphatic rings. The van der Waals surface area contributed by atoms with Crippen LogP contribution in [0.3, 0.4) is 0 Å². The van der Waals surface area contributed by atoms with Crippen molar-refractivity contribution >= 4 is 27.2 Å². The summed E-state index contributed by atoms with van der Waals surface area (Å²) in [7, 11) is -3.94. The van der Waals surface area contributed by atoms with Crippen molar-refractivity contribution in [1.29, 1.82) is 0 Å². The molecule has 26 heavy (non-hydrogen) atoms. The minimum atomic E-state index is -3.94. The van der Waals surface area contributed by atoms with Gasteiger partial charge in [0.1, 0.15) is 4.90 Å². The van der Waals surface area contributed by atoms with E-state index in [0.29, 0.717) is 5.69 Å². The maximum Gasteiger partial charge on any atom is 0.265 e. The molecule has 8 heteroatoms. The van der Waals surface area contributed by atoms with Gasteiger partial charge in [0.15, 0.2) is 17.5 Å². The van der Waals surface area contributed by atoms with E-state index in [1.54, 1.807) is 24.3 Å². The van der Waals surface area contributed by atoms with E-state index < -0.39 is 21.7 Å². The van der Waals surface area contributed by atoms with E-state index in [-0.39, 0.29) is 16.4 Å². The fourth-order valence-electron chi connectivity index (χ4n) is 2.24. The van der Waals surface area contributed by atoms with E-state index in [1.807, 2.05) is 6.92 Å². The third kappa shape index (κ3) is 3.97. The Bertz CT molecular complexity index is 1040. The molecule has 0 amide bonds. The van der Waals surface area contributed by atoms with E-state index in [9.17, 15) is 17.2 Å². The molecule has 2 N–H and O–H groups in total. The molecule has 0 aliphatic heterocycles. The largest absolute Gasteiger partial charge is 0.339 e. The Kier molecular flexibility index (Phi) is 4.85. The Balaban J connectivity index is 1.92. The highest BCUT2D eigenvalue weighted by Crippen LogP contribution is 2.25. The zero-order valence-corrected chi connectivity index (χ0v) is 14.5. The second-order valence-corrected chi connectivity index (χ2v) is 7.23. The molecule has 1 heterocycles. The average Bonchev–Trinajstić information content (AvgIpc) is 2.60. The number of hydrogen-bond acceptors (Lipinski definition) is 4. The fraction of sp³-hybridized carbons (Fsp3) is 0.0556. The fourth-order valence-corrected chi connectivity index (χ4v) is 3.42. The SMILES string of the molecule is Cc1ccc(NS(=O)(=O)c2cccnc2Nc2ccc(F)c(F)c2)cc1. The quantitative estimate of drug-likeness (QED) is 0.701. The van der Waals surface area contributed by atoms with Crippen LogP contribution in [0.4, 0.5) is 26.0 Å². The highest BCUT2D eigenvalue weighted by atomic mass is 32.2. The molecule has 3 aromatic rings. The van der Waals surface area contributed by atoms with Gasteiger partial charge in [-0.3, -0.25) is 4.72 Å². The van der Waals surface area contributed by atoms with Gasteiger partial charge in [-0.05, 0) is 43.3 Å². The topological polar surface area (TPSA) is 71.1 Å². The molecule has 0 aliphatic carbocycles.